The molecular formula is C22H22ClN3O2. The summed E-state index contributed by atoms with van der Waals surface area (Å²) >= 11 is 6.18. The van der Waals surface area contributed by atoms with Crippen molar-refractivity contribution in [3.63, 3.8) is 0 Å². The normalized spacial score (nSPS) is 16.7. The molecule has 0 aliphatic carbocycles. The van der Waals surface area contributed by atoms with Crippen molar-refractivity contribution < 1.29 is 9.53 Å². The fraction of sp³-hybridized carbons (Fsp3) is 0.273. The van der Waals surface area contributed by atoms with E-state index in [1.807, 2.05) is 47.4 Å². The Morgan fingerprint density at radius 1 is 1.21 bits per heavy atom. The Bertz CT molecular complexity index is 1010. The van der Waals surface area contributed by atoms with Gasteiger partial charge in [0.25, 0.3) is 0 Å². The molecule has 1 fully saturated rings. The van der Waals surface area contributed by atoms with E-state index >= 15 is 0 Å². The molecule has 6 heteroatoms. The fourth-order valence-corrected chi connectivity index (χ4v) is 3.92. The number of ether oxygens (including phenoxy) is 1. The molecule has 0 saturated carbocycles. The molecule has 1 aliphatic rings. The number of carbonyl (C=O) groups excluding carboxylic acids is 1. The van der Waals surface area contributed by atoms with Gasteiger partial charge in [0.1, 0.15) is 18.2 Å². The highest BCUT2D eigenvalue weighted by Crippen LogP contribution is 2.30. The molecule has 4 rings (SSSR count). The number of rotatable bonds is 7. The number of nitrogens with zero attached hydrogens (tertiary/aromatic N) is 3. The maximum atomic E-state index is 12.3. The quantitative estimate of drug-likeness (QED) is 0.561. The monoisotopic (exact) mass is 395 g/mol. The summed E-state index contributed by atoms with van der Waals surface area (Å²) in [5.74, 6) is 1.82. The Balaban J connectivity index is 1.58. The Labute approximate surface area is 169 Å². The molecule has 0 unspecified atom stereocenters. The number of fused-ring (bicyclic) bond motifs is 1. The number of hydrogen-bond donors (Lipinski definition) is 0. The molecule has 0 bridgehead atoms. The second-order valence-electron chi connectivity index (χ2n) is 6.88. The van der Waals surface area contributed by atoms with E-state index in [1.165, 1.54) is 0 Å². The van der Waals surface area contributed by atoms with Crippen molar-refractivity contribution >= 4 is 28.5 Å². The number of imidazole rings is 1. The fourth-order valence-electron chi connectivity index (χ4n) is 3.73. The zero-order valence-corrected chi connectivity index (χ0v) is 16.3. The van der Waals surface area contributed by atoms with Crippen LogP contribution in [0.3, 0.4) is 0 Å². The molecule has 28 heavy (non-hydrogen) atoms. The molecule has 1 aliphatic heterocycles. The van der Waals surface area contributed by atoms with Gasteiger partial charge in [-0.25, -0.2) is 4.98 Å². The second kappa shape index (κ2) is 8.07. The first-order valence-electron chi connectivity index (χ1n) is 9.38. The standard InChI is InChI=1S/C22H22ClN3O2/c1-2-11-25-15-16(14-21(25)27)22-24-18-8-4-5-9-19(18)26(22)12-13-28-20-10-6-3-7-17(20)23/h2-10,16H,1,11-15H2/t16-/m0/s1. The molecule has 1 saturated heterocycles. The highest BCUT2D eigenvalue weighted by atomic mass is 35.5. The molecule has 0 radical (unpaired) electrons. The lowest BCUT2D eigenvalue weighted by Crippen LogP contribution is -2.25. The zero-order valence-electron chi connectivity index (χ0n) is 15.6. The van der Waals surface area contributed by atoms with Crippen LogP contribution in [0.2, 0.25) is 5.02 Å². The van der Waals surface area contributed by atoms with Crippen molar-refractivity contribution in [2.75, 3.05) is 19.7 Å². The number of hydrogen-bond acceptors (Lipinski definition) is 3. The minimum Gasteiger partial charge on any atom is -0.490 e. The highest BCUT2D eigenvalue weighted by Gasteiger charge is 2.33. The minimum atomic E-state index is 0.0696. The van der Waals surface area contributed by atoms with Crippen LogP contribution in [0.25, 0.3) is 11.0 Å². The van der Waals surface area contributed by atoms with Crippen LogP contribution in [0.4, 0.5) is 0 Å². The average Bonchev–Trinajstić information content (AvgIpc) is 3.24. The maximum Gasteiger partial charge on any atom is 0.223 e. The van der Waals surface area contributed by atoms with Crippen molar-refractivity contribution in [3.05, 3.63) is 72.0 Å². The Kier molecular flexibility index (Phi) is 5.35. The largest absolute Gasteiger partial charge is 0.490 e. The first-order chi connectivity index (χ1) is 13.7. The summed E-state index contributed by atoms with van der Waals surface area (Å²) in [5, 5.41) is 0.597. The summed E-state index contributed by atoms with van der Waals surface area (Å²) in [6.07, 6.45) is 2.24. The molecule has 5 nitrogen and oxygen atoms in total. The lowest BCUT2D eigenvalue weighted by molar-refractivity contribution is -0.127. The third-order valence-electron chi connectivity index (χ3n) is 5.02. The van der Waals surface area contributed by atoms with Crippen molar-refractivity contribution in [1.82, 2.24) is 14.5 Å². The number of aromatic nitrogens is 2. The predicted octanol–water partition coefficient (Wildman–Crippen LogP) is 4.27. The van der Waals surface area contributed by atoms with Crippen LogP contribution in [0.15, 0.2) is 61.2 Å². The van der Waals surface area contributed by atoms with Gasteiger partial charge < -0.3 is 14.2 Å². The Morgan fingerprint density at radius 2 is 2.00 bits per heavy atom. The first kappa shape index (κ1) is 18.6. The molecule has 2 aromatic carbocycles. The number of carbonyl (C=O) groups is 1. The number of benzene rings is 2. The number of amides is 1. The summed E-state index contributed by atoms with van der Waals surface area (Å²) in [4.78, 5) is 19.0. The highest BCUT2D eigenvalue weighted by molar-refractivity contribution is 6.32. The SMILES string of the molecule is C=CCN1C[C@@H](c2nc3ccccc3n2CCOc2ccccc2Cl)CC1=O. The van der Waals surface area contributed by atoms with E-state index in [4.69, 9.17) is 21.3 Å². The van der Waals surface area contributed by atoms with Gasteiger partial charge in [-0.15, -0.1) is 6.58 Å². The maximum absolute atomic E-state index is 12.3. The summed E-state index contributed by atoms with van der Waals surface area (Å²) in [5.41, 5.74) is 1.99. The lowest BCUT2D eigenvalue weighted by atomic mass is 10.1. The Morgan fingerprint density at radius 3 is 2.82 bits per heavy atom. The summed E-state index contributed by atoms with van der Waals surface area (Å²) in [6, 6.07) is 15.5. The third kappa shape index (κ3) is 3.62. The van der Waals surface area contributed by atoms with Crippen LogP contribution >= 0.6 is 11.6 Å². The van der Waals surface area contributed by atoms with Gasteiger partial charge in [-0.05, 0) is 24.3 Å². The first-order valence-corrected chi connectivity index (χ1v) is 9.76. The van der Waals surface area contributed by atoms with Gasteiger partial charge in [0, 0.05) is 25.4 Å². The van der Waals surface area contributed by atoms with Crippen LogP contribution in [0.1, 0.15) is 18.2 Å². The van der Waals surface area contributed by atoms with Gasteiger partial charge in [0.15, 0.2) is 0 Å². The zero-order chi connectivity index (χ0) is 19.5. The van der Waals surface area contributed by atoms with Gasteiger partial charge in [0.2, 0.25) is 5.91 Å². The molecule has 144 valence electrons. The Hall–Kier alpha value is -2.79. The van der Waals surface area contributed by atoms with Crippen LogP contribution in [-0.4, -0.2) is 40.1 Å². The van der Waals surface area contributed by atoms with Gasteiger partial charge in [0.05, 0.1) is 22.6 Å². The van der Waals surface area contributed by atoms with E-state index in [9.17, 15) is 4.79 Å². The van der Waals surface area contributed by atoms with E-state index in [1.54, 1.807) is 6.08 Å². The molecule has 0 N–H and O–H groups in total. The topological polar surface area (TPSA) is 47.4 Å². The van der Waals surface area contributed by atoms with Crippen molar-refractivity contribution in [2.24, 2.45) is 0 Å². The molecule has 2 heterocycles. The molecular weight excluding hydrogens is 374 g/mol. The molecule has 1 amide bonds. The predicted molar refractivity (Wildman–Crippen MR) is 111 cm³/mol. The smallest absolute Gasteiger partial charge is 0.223 e. The summed E-state index contributed by atoms with van der Waals surface area (Å²) < 4.78 is 8.05. The summed E-state index contributed by atoms with van der Waals surface area (Å²) in [7, 11) is 0. The van der Waals surface area contributed by atoms with Gasteiger partial charge >= 0.3 is 0 Å². The van der Waals surface area contributed by atoms with Gasteiger partial charge in [-0.3, -0.25) is 4.79 Å². The van der Waals surface area contributed by atoms with E-state index in [-0.39, 0.29) is 11.8 Å². The third-order valence-corrected chi connectivity index (χ3v) is 5.33. The molecule has 1 aromatic heterocycles. The number of para-hydroxylation sites is 3. The van der Waals surface area contributed by atoms with Crippen LogP contribution in [0.5, 0.6) is 5.75 Å². The number of likely N-dealkylation sites (tertiary alicyclic amines) is 1. The van der Waals surface area contributed by atoms with E-state index in [2.05, 4.69) is 17.2 Å². The second-order valence-corrected chi connectivity index (χ2v) is 7.28. The van der Waals surface area contributed by atoms with Crippen LogP contribution in [-0.2, 0) is 11.3 Å². The minimum absolute atomic E-state index is 0.0696. The van der Waals surface area contributed by atoms with Crippen molar-refractivity contribution in [3.8, 4) is 5.75 Å². The van der Waals surface area contributed by atoms with E-state index in [0.717, 1.165) is 16.9 Å². The van der Waals surface area contributed by atoms with Crippen molar-refractivity contribution in [1.29, 1.82) is 0 Å². The van der Waals surface area contributed by atoms with Gasteiger partial charge in [-0.2, -0.15) is 0 Å². The van der Waals surface area contributed by atoms with E-state index < -0.39 is 0 Å². The van der Waals surface area contributed by atoms with Crippen molar-refractivity contribution in [2.45, 2.75) is 18.9 Å². The number of halogens is 1. The lowest BCUT2D eigenvalue weighted by Gasteiger charge is -2.16. The van der Waals surface area contributed by atoms with E-state index in [0.29, 0.717) is 43.4 Å². The van der Waals surface area contributed by atoms with Crippen LogP contribution < -0.4 is 4.74 Å². The summed E-state index contributed by atoms with van der Waals surface area (Å²) in [6.45, 7) is 6.08. The van der Waals surface area contributed by atoms with Crippen LogP contribution in [0, 0.1) is 0 Å². The molecule has 1 atom stereocenters. The molecule has 0 spiro atoms. The molecule has 3 aromatic rings. The van der Waals surface area contributed by atoms with Gasteiger partial charge in [-0.1, -0.05) is 41.9 Å². The average molecular weight is 396 g/mol.